The highest BCUT2D eigenvalue weighted by atomic mass is 32.2. The summed E-state index contributed by atoms with van der Waals surface area (Å²) in [5.74, 6) is 1.34. The van der Waals surface area contributed by atoms with Crippen LogP contribution in [-0.4, -0.2) is 56.8 Å². The number of sulfonamides is 1. The Bertz CT molecular complexity index is 842. The van der Waals surface area contributed by atoms with E-state index in [1.165, 1.54) is 0 Å². The zero-order chi connectivity index (χ0) is 17.8. The molecule has 1 fully saturated rings. The molecule has 0 N–H and O–H groups in total. The van der Waals surface area contributed by atoms with Crippen molar-refractivity contribution < 1.29 is 17.9 Å². The van der Waals surface area contributed by atoms with Crippen molar-refractivity contribution in [1.29, 1.82) is 0 Å². The molecule has 4 atom stereocenters. The summed E-state index contributed by atoms with van der Waals surface area (Å²) >= 11 is 0. The van der Waals surface area contributed by atoms with Crippen LogP contribution in [0.2, 0.25) is 0 Å². The molecule has 3 aliphatic heterocycles. The highest BCUT2D eigenvalue weighted by molar-refractivity contribution is 7.91. The van der Waals surface area contributed by atoms with Crippen LogP contribution < -0.4 is 4.74 Å². The summed E-state index contributed by atoms with van der Waals surface area (Å²) in [5, 5.41) is -0.709. The molecule has 4 rings (SSSR count). The average Bonchev–Trinajstić information content (AvgIpc) is 3.27. The van der Waals surface area contributed by atoms with E-state index in [0.717, 1.165) is 11.3 Å². The summed E-state index contributed by atoms with van der Waals surface area (Å²) in [6, 6.07) is 7.59. The highest BCUT2D eigenvalue weighted by Gasteiger charge is 2.70. The second-order valence-corrected chi connectivity index (χ2v) is 8.25. The highest BCUT2D eigenvalue weighted by Crippen LogP contribution is 2.54. The number of rotatable bonds is 4. The maximum Gasteiger partial charge on any atom is 0.262 e. The lowest BCUT2D eigenvalue weighted by molar-refractivity contribution is 0.109. The SMILES string of the molecule is CCN(CC)C1=NS(=O)(=O)[C@H]2[C@H]3C=C[C@H](O3)[C@@]12c1ccc(OC)cc1. The third kappa shape index (κ3) is 2.05. The van der Waals surface area contributed by atoms with Crippen LogP contribution in [0, 0.1) is 0 Å². The summed E-state index contributed by atoms with van der Waals surface area (Å²) in [6.45, 7) is 5.41. The first kappa shape index (κ1) is 16.6. The number of benzene rings is 1. The monoisotopic (exact) mass is 362 g/mol. The van der Waals surface area contributed by atoms with E-state index < -0.39 is 26.8 Å². The molecular formula is C18H22N2O4S. The Morgan fingerprint density at radius 3 is 2.48 bits per heavy atom. The quantitative estimate of drug-likeness (QED) is 0.763. The number of likely N-dealkylation sites (N-methyl/N-ethyl adjacent to an activating group) is 1. The molecule has 1 aromatic rings. The zero-order valence-corrected chi connectivity index (χ0v) is 15.4. The van der Waals surface area contributed by atoms with Crippen LogP contribution in [0.25, 0.3) is 0 Å². The second-order valence-electron chi connectivity index (χ2n) is 6.53. The molecule has 0 aromatic heterocycles. The van der Waals surface area contributed by atoms with Crippen LogP contribution >= 0.6 is 0 Å². The molecule has 3 heterocycles. The van der Waals surface area contributed by atoms with E-state index in [9.17, 15) is 8.42 Å². The number of fused-ring (bicyclic) bond motifs is 5. The van der Waals surface area contributed by atoms with Crippen molar-refractivity contribution in [3.8, 4) is 5.75 Å². The molecule has 1 aromatic carbocycles. The lowest BCUT2D eigenvalue weighted by Crippen LogP contribution is -2.55. The predicted molar refractivity (Wildman–Crippen MR) is 95.5 cm³/mol. The maximum atomic E-state index is 12.9. The van der Waals surface area contributed by atoms with Gasteiger partial charge in [-0.3, -0.25) is 0 Å². The Hall–Kier alpha value is -1.86. The maximum absolute atomic E-state index is 12.9. The minimum Gasteiger partial charge on any atom is -0.497 e. The molecule has 0 radical (unpaired) electrons. The molecular weight excluding hydrogens is 340 g/mol. The second kappa shape index (κ2) is 5.57. The molecule has 2 bridgehead atoms. The Balaban J connectivity index is 1.96. The van der Waals surface area contributed by atoms with Gasteiger partial charge in [-0.2, -0.15) is 0 Å². The van der Waals surface area contributed by atoms with E-state index in [1.54, 1.807) is 7.11 Å². The molecule has 0 aliphatic carbocycles. The summed E-state index contributed by atoms with van der Waals surface area (Å²) in [4.78, 5) is 2.03. The fourth-order valence-electron chi connectivity index (χ4n) is 4.40. The van der Waals surface area contributed by atoms with Crippen LogP contribution in [0.3, 0.4) is 0 Å². The zero-order valence-electron chi connectivity index (χ0n) is 14.5. The fourth-order valence-corrected chi connectivity index (χ4v) is 6.36. The van der Waals surface area contributed by atoms with Gasteiger partial charge in [0.1, 0.15) is 22.3 Å². The van der Waals surface area contributed by atoms with Crippen molar-refractivity contribution in [2.24, 2.45) is 4.40 Å². The van der Waals surface area contributed by atoms with Gasteiger partial charge in [0.15, 0.2) is 0 Å². The van der Waals surface area contributed by atoms with Crippen LogP contribution in [0.1, 0.15) is 19.4 Å². The summed E-state index contributed by atoms with van der Waals surface area (Å²) < 4.78 is 41.4. The van der Waals surface area contributed by atoms with Crippen LogP contribution in [0.15, 0.2) is 40.8 Å². The number of methoxy groups -OCH3 is 1. The van der Waals surface area contributed by atoms with Crippen molar-refractivity contribution in [1.82, 2.24) is 4.90 Å². The molecule has 0 saturated carbocycles. The van der Waals surface area contributed by atoms with Crippen molar-refractivity contribution in [2.75, 3.05) is 20.2 Å². The van der Waals surface area contributed by atoms with E-state index in [-0.39, 0.29) is 6.10 Å². The number of nitrogens with zero attached hydrogens (tertiary/aromatic N) is 2. The molecule has 0 unspecified atom stereocenters. The van der Waals surface area contributed by atoms with Gasteiger partial charge in [-0.25, -0.2) is 8.42 Å². The van der Waals surface area contributed by atoms with Gasteiger partial charge in [0.05, 0.1) is 19.3 Å². The largest absolute Gasteiger partial charge is 0.497 e. The predicted octanol–water partition coefficient (Wildman–Crippen LogP) is 1.72. The van der Waals surface area contributed by atoms with Crippen LogP contribution in [0.5, 0.6) is 5.75 Å². The lowest BCUT2D eigenvalue weighted by atomic mass is 9.69. The smallest absolute Gasteiger partial charge is 0.262 e. The topological polar surface area (TPSA) is 68.2 Å². The Morgan fingerprint density at radius 2 is 1.88 bits per heavy atom. The van der Waals surface area contributed by atoms with E-state index in [2.05, 4.69) is 4.40 Å². The molecule has 6 nitrogen and oxygen atoms in total. The number of hydrogen-bond donors (Lipinski definition) is 0. The van der Waals surface area contributed by atoms with Gasteiger partial charge in [0.2, 0.25) is 0 Å². The summed E-state index contributed by atoms with van der Waals surface area (Å²) in [5.41, 5.74) is 0.109. The normalized spacial score (nSPS) is 34.0. The van der Waals surface area contributed by atoms with Crippen LogP contribution in [0.4, 0.5) is 0 Å². The van der Waals surface area contributed by atoms with Crippen molar-refractivity contribution >= 4 is 15.9 Å². The van der Waals surface area contributed by atoms with Gasteiger partial charge >= 0.3 is 0 Å². The summed E-state index contributed by atoms with van der Waals surface area (Å²) in [6.07, 6.45) is 3.06. The molecule has 0 amide bonds. The molecule has 0 spiro atoms. The third-order valence-electron chi connectivity index (χ3n) is 5.51. The number of ether oxygens (including phenoxy) is 2. The van der Waals surface area contributed by atoms with Crippen molar-refractivity contribution in [3.05, 3.63) is 42.0 Å². The van der Waals surface area contributed by atoms with Gasteiger partial charge in [-0.15, -0.1) is 4.40 Å². The Kier molecular flexibility index (Phi) is 3.70. The molecule has 25 heavy (non-hydrogen) atoms. The Labute approximate surface area is 148 Å². The first-order valence-electron chi connectivity index (χ1n) is 8.56. The van der Waals surface area contributed by atoms with E-state index in [1.807, 2.05) is 55.2 Å². The number of amidine groups is 1. The van der Waals surface area contributed by atoms with Crippen molar-refractivity contribution in [2.45, 2.75) is 36.7 Å². The molecule has 1 saturated heterocycles. The van der Waals surface area contributed by atoms with Crippen molar-refractivity contribution in [3.63, 3.8) is 0 Å². The lowest BCUT2D eigenvalue weighted by Gasteiger charge is -2.38. The van der Waals surface area contributed by atoms with Gasteiger partial charge in [0.25, 0.3) is 10.0 Å². The average molecular weight is 362 g/mol. The van der Waals surface area contributed by atoms with Gasteiger partial charge in [-0.05, 0) is 31.5 Å². The fraction of sp³-hybridized carbons (Fsp3) is 0.500. The summed E-state index contributed by atoms with van der Waals surface area (Å²) in [7, 11) is -2.04. The van der Waals surface area contributed by atoms with E-state index in [0.29, 0.717) is 18.9 Å². The van der Waals surface area contributed by atoms with Crippen LogP contribution in [-0.2, 0) is 20.2 Å². The van der Waals surface area contributed by atoms with E-state index >= 15 is 0 Å². The molecule has 134 valence electrons. The first-order valence-corrected chi connectivity index (χ1v) is 10.1. The molecule has 7 heteroatoms. The minimum atomic E-state index is -3.65. The van der Waals surface area contributed by atoms with E-state index in [4.69, 9.17) is 9.47 Å². The van der Waals surface area contributed by atoms with Gasteiger partial charge in [0, 0.05) is 13.1 Å². The van der Waals surface area contributed by atoms with Gasteiger partial charge in [-0.1, -0.05) is 24.3 Å². The van der Waals surface area contributed by atoms with Gasteiger partial charge < -0.3 is 14.4 Å². The molecule has 3 aliphatic rings. The first-order chi connectivity index (χ1) is 12.0. The standard InChI is InChI=1S/C18H22N2O4S/c1-4-20(5-2)17-18(12-6-8-13(23-3)9-7-12)15-11-10-14(24-15)16(18)25(21,22)19-17/h6-11,14-16H,4-5H2,1-3H3/t14-,15+,16+,18-/m1/s1. The Morgan fingerprint density at radius 1 is 1.20 bits per heavy atom. The third-order valence-corrected chi connectivity index (χ3v) is 7.22. The number of hydrogen-bond acceptors (Lipinski definition) is 5. The minimum absolute atomic E-state index is 0.326.